The fourth-order valence-corrected chi connectivity index (χ4v) is 2.07. The standard InChI is InChI=1S/C11H6Cl2N4/c12-7-1-2-8(9(13)3-7)10-5-17-11(4-14-10)15-6-16-17/h1-6H. The highest BCUT2D eigenvalue weighted by atomic mass is 35.5. The van der Waals surface area contributed by atoms with Gasteiger partial charge in [-0.3, -0.25) is 4.98 Å². The third-order valence-electron chi connectivity index (χ3n) is 2.37. The lowest BCUT2D eigenvalue weighted by atomic mass is 10.1. The van der Waals surface area contributed by atoms with Crippen LogP contribution in [0.3, 0.4) is 0 Å². The second-order valence-corrected chi connectivity index (χ2v) is 4.30. The van der Waals surface area contributed by atoms with Gasteiger partial charge in [0.2, 0.25) is 0 Å². The third-order valence-corrected chi connectivity index (χ3v) is 2.92. The van der Waals surface area contributed by atoms with E-state index in [2.05, 4.69) is 15.1 Å². The molecule has 3 rings (SSSR count). The summed E-state index contributed by atoms with van der Waals surface area (Å²) in [4.78, 5) is 8.31. The molecule has 0 amide bonds. The molecule has 1 aromatic carbocycles. The minimum absolute atomic E-state index is 0.560. The molecule has 4 nitrogen and oxygen atoms in total. The van der Waals surface area contributed by atoms with Crippen LogP contribution in [0, 0.1) is 0 Å². The second-order valence-electron chi connectivity index (χ2n) is 3.46. The van der Waals surface area contributed by atoms with Crippen molar-refractivity contribution in [2.75, 3.05) is 0 Å². The maximum atomic E-state index is 6.12. The topological polar surface area (TPSA) is 43.1 Å². The molecular weight excluding hydrogens is 259 g/mol. The Morgan fingerprint density at radius 3 is 2.82 bits per heavy atom. The molecule has 3 aromatic rings. The molecule has 2 heterocycles. The smallest absolute Gasteiger partial charge is 0.173 e. The van der Waals surface area contributed by atoms with Crippen LogP contribution in [-0.4, -0.2) is 19.6 Å². The summed E-state index contributed by atoms with van der Waals surface area (Å²) >= 11 is 12.0. The van der Waals surface area contributed by atoms with E-state index < -0.39 is 0 Å². The van der Waals surface area contributed by atoms with Crippen LogP contribution in [0.4, 0.5) is 0 Å². The molecule has 6 heteroatoms. The average Bonchev–Trinajstić information content (AvgIpc) is 2.75. The number of nitrogens with zero attached hydrogens (tertiary/aromatic N) is 4. The first-order valence-electron chi connectivity index (χ1n) is 4.85. The number of aromatic nitrogens is 4. The molecule has 17 heavy (non-hydrogen) atoms. The van der Waals surface area contributed by atoms with Crippen molar-refractivity contribution in [3.8, 4) is 11.3 Å². The van der Waals surface area contributed by atoms with Gasteiger partial charge in [-0.05, 0) is 18.2 Å². The van der Waals surface area contributed by atoms with Crippen molar-refractivity contribution in [2.45, 2.75) is 0 Å². The van der Waals surface area contributed by atoms with Crippen LogP contribution in [0.1, 0.15) is 0 Å². The lowest BCUT2D eigenvalue weighted by Crippen LogP contribution is -1.92. The number of benzene rings is 1. The molecule has 0 saturated carbocycles. The summed E-state index contributed by atoms with van der Waals surface area (Å²) < 4.78 is 1.65. The highest BCUT2D eigenvalue weighted by molar-refractivity contribution is 6.36. The highest BCUT2D eigenvalue weighted by Crippen LogP contribution is 2.28. The Kier molecular flexibility index (Phi) is 2.46. The lowest BCUT2D eigenvalue weighted by Gasteiger charge is -2.04. The quantitative estimate of drug-likeness (QED) is 0.679. The molecule has 0 saturated heterocycles. The number of hydrogen-bond acceptors (Lipinski definition) is 3. The predicted molar refractivity (Wildman–Crippen MR) is 66.2 cm³/mol. The van der Waals surface area contributed by atoms with Crippen LogP contribution in [0.5, 0.6) is 0 Å². The summed E-state index contributed by atoms with van der Waals surface area (Å²) in [6.45, 7) is 0. The van der Waals surface area contributed by atoms with Gasteiger partial charge in [-0.2, -0.15) is 5.10 Å². The minimum Gasteiger partial charge on any atom is -0.251 e. The maximum Gasteiger partial charge on any atom is 0.173 e. The molecule has 0 N–H and O–H groups in total. The summed E-state index contributed by atoms with van der Waals surface area (Å²) in [5, 5.41) is 5.21. The monoisotopic (exact) mass is 264 g/mol. The third kappa shape index (κ3) is 1.85. The Balaban J connectivity index is 2.19. The van der Waals surface area contributed by atoms with Gasteiger partial charge < -0.3 is 0 Å². The largest absolute Gasteiger partial charge is 0.251 e. The zero-order valence-corrected chi connectivity index (χ0v) is 10.0. The van der Waals surface area contributed by atoms with Crippen molar-refractivity contribution < 1.29 is 0 Å². The van der Waals surface area contributed by atoms with Crippen molar-refractivity contribution in [1.29, 1.82) is 0 Å². The molecule has 2 aromatic heterocycles. The summed E-state index contributed by atoms with van der Waals surface area (Å²) in [5.41, 5.74) is 2.23. The van der Waals surface area contributed by atoms with Gasteiger partial charge in [0.15, 0.2) is 5.65 Å². The number of fused-ring (bicyclic) bond motifs is 1. The fraction of sp³-hybridized carbons (Fsp3) is 0. The Morgan fingerprint density at radius 1 is 1.12 bits per heavy atom. The average molecular weight is 265 g/mol. The molecule has 0 radical (unpaired) electrons. The Morgan fingerprint density at radius 2 is 2.00 bits per heavy atom. The highest BCUT2D eigenvalue weighted by Gasteiger charge is 2.07. The summed E-state index contributed by atoms with van der Waals surface area (Å²) in [6, 6.07) is 5.29. The Bertz CT molecular complexity index is 693. The molecule has 0 spiro atoms. The summed E-state index contributed by atoms with van der Waals surface area (Å²) in [6.07, 6.45) is 4.90. The van der Waals surface area contributed by atoms with Crippen molar-refractivity contribution >= 4 is 28.8 Å². The molecule has 84 valence electrons. The summed E-state index contributed by atoms with van der Waals surface area (Å²) in [7, 11) is 0. The second kappa shape index (κ2) is 3.98. The minimum atomic E-state index is 0.560. The summed E-state index contributed by atoms with van der Waals surface area (Å²) in [5.74, 6) is 0. The van der Waals surface area contributed by atoms with Crippen molar-refractivity contribution in [3.63, 3.8) is 0 Å². The van der Waals surface area contributed by atoms with Crippen LogP contribution in [0.25, 0.3) is 16.9 Å². The van der Waals surface area contributed by atoms with E-state index >= 15 is 0 Å². The van der Waals surface area contributed by atoms with Crippen LogP contribution < -0.4 is 0 Å². The Labute approximate surface area is 107 Å². The first-order chi connectivity index (χ1) is 8.24. The van der Waals surface area contributed by atoms with Crippen molar-refractivity contribution in [1.82, 2.24) is 19.6 Å². The zero-order chi connectivity index (χ0) is 11.8. The SMILES string of the molecule is Clc1ccc(-c2cn3ncnc3cn2)c(Cl)c1. The van der Waals surface area contributed by atoms with Crippen LogP contribution >= 0.6 is 23.2 Å². The molecule has 0 bridgehead atoms. The van der Waals surface area contributed by atoms with Gasteiger partial charge in [-0.1, -0.05) is 23.2 Å². The number of halogens is 2. The van der Waals surface area contributed by atoms with Gasteiger partial charge in [0.1, 0.15) is 6.33 Å². The van der Waals surface area contributed by atoms with E-state index in [0.29, 0.717) is 15.7 Å². The molecular formula is C11H6Cl2N4. The predicted octanol–water partition coefficient (Wildman–Crippen LogP) is 3.10. The fourth-order valence-electron chi connectivity index (χ4n) is 1.56. The van der Waals surface area contributed by atoms with Crippen molar-refractivity contribution in [3.05, 3.63) is 47.0 Å². The van der Waals surface area contributed by atoms with Crippen molar-refractivity contribution in [2.24, 2.45) is 0 Å². The maximum absolute atomic E-state index is 6.12. The van der Waals surface area contributed by atoms with Crippen LogP contribution in [0.15, 0.2) is 36.9 Å². The first-order valence-corrected chi connectivity index (χ1v) is 5.60. The van der Waals surface area contributed by atoms with E-state index in [0.717, 1.165) is 11.3 Å². The van der Waals surface area contributed by atoms with E-state index in [1.165, 1.54) is 6.33 Å². The van der Waals surface area contributed by atoms with Crippen LogP contribution in [0.2, 0.25) is 10.0 Å². The molecule has 0 aliphatic heterocycles. The van der Waals surface area contributed by atoms with E-state index in [1.807, 2.05) is 6.07 Å². The molecule has 0 aliphatic carbocycles. The zero-order valence-electron chi connectivity index (χ0n) is 8.51. The number of rotatable bonds is 1. The van der Waals surface area contributed by atoms with Gasteiger partial charge in [-0.15, -0.1) is 0 Å². The number of hydrogen-bond donors (Lipinski definition) is 0. The van der Waals surface area contributed by atoms with E-state index in [1.54, 1.807) is 29.0 Å². The Hall–Kier alpha value is -1.65. The van der Waals surface area contributed by atoms with E-state index in [4.69, 9.17) is 23.2 Å². The lowest BCUT2D eigenvalue weighted by molar-refractivity contribution is 0.949. The van der Waals surface area contributed by atoms with Gasteiger partial charge in [0.05, 0.1) is 23.1 Å². The van der Waals surface area contributed by atoms with Crippen LogP contribution in [-0.2, 0) is 0 Å². The van der Waals surface area contributed by atoms with Gasteiger partial charge >= 0.3 is 0 Å². The van der Waals surface area contributed by atoms with E-state index in [9.17, 15) is 0 Å². The normalized spacial score (nSPS) is 10.9. The molecule has 0 fully saturated rings. The molecule has 0 aliphatic rings. The first kappa shape index (κ1) is 10.5. The van der Waals surface area contributed by atoms with Gasteiger partial charge in [-0.25, -0.2) is 9.50 Å². The van der Waals surface area contributed by atoms with Gasteiger partial charge in [0, 0.05) is 10.6 Å². The molecule has 0 unspecified atom stereocenters. The van der Waals surface area contributed by atoms with E-state index in [-0.39, 0.29) is 0 Å². The van der Waals surface area contributed by atoms with Gasteiger partial charge in [0.25, 0.3) is 0 Å². The molecule has 0 atom stereocenters.